The van der Waals surface area contributed by atoms with Crippen LogP contribution in [0.25, 0.3) is 0 Å². The molecule has 0 bridgehead atoms. The Hall–Kier alpha value is 3.94. The van der Waals surface area contributed by atoms with Gasteiger partial charge in [0.1, 0.15) is 0 Å². The van der Waals surface area contributed by atoms with Crippen LogP contribution in [0.15, 0.2) is 0 Å². The van der Waals surface area contributed by atoms with Gasteiger partial charge in [-0.15, -0.1) is 0 Å². The zero-order valence-electron chi connectivity index (χ0n) is 0. The van der Waals surface area contributed by atoms with Crippen LogP contribution >= 0.6 is 0 Å². The van der Waals surface area contributed by atoms with Crippen molar-refractivity contribution in [3.8, 4) is 0 Å². The Morgan fingerprint density at radius 3 is 1.00 bits per heavy atom. The fourth-order valence-electron chi connectivity index (χ4n) is 0. The Balaban J connectivity index is 0. The molecule has 0 heterocycles. The molecule has 0 N–H and O–H groups in total. The van der Waals surface area contributed by atoms with Crippen LogP contribution in [-0.4, -0.2) is 121 Å². The van der Waals surface area contributed by atoms with Crippen LogP contribution in [-0.2, 0) is 0 Å². The van der Waals surface area contributed by atoms with E-state index >= 15 is 0 Å². The van der Waals surface area contributed by atoms with E-state index in [0.717, 1.165) is 0 Å². The van der Waals surface area contributed by atoms with Crippen LogP contribution in [0.2, 0.25) is 0 Å². The molecule has 0 aromatic heterocycles. The molecule has 0 aliphatic heterocycles. The van der Waals surface area contributed by atoms with E-state index < -0.39 is 0 Å². The molecule has 0 aromatic rings. The molecule has 0 rings (SSSR count). The monoisotopic (exact) mass is 120 g/mol. The minimum atomic E-state index is 0. The first-order valence-corrected chi connectivity index (χ1v) is 0. The first-order chi connectivity index (χ1) is 0. The molecule has 0 radical (unpaired) electrons. The minimum absolute atomic E-state index is 0. The fourth-order valence-corrected chi connectivity index (χ4v) is 0. The predicted octanol–water partition coefficient (Wildman–Crippen LogP) is -3.40. The van der Waals surface area contributed by atoms with Gasteiger partial charge < -0.3 is 0 Å². The van der Waals surface area contributed by atoms with Crippen molar-refractivity contribution >= 4 is 121 Å². The molecule has 0 aromatic carbocycles. The molecule has 0 amide bonds. The molecular formula is H7AlKMgNa. The summed E-state index contributed by atoms with van der Waals surface area (Å²) in [5, 5.41) is 0. The van der Waals surface area contributed by atoms with Gasteiger partial charge in [0.2, 0.25) is 0 Å². The molecule has 4 heavy (non-hydrogen) atoms. The third kappa shape index (κ3) is 9.33. The molecule has 0 saturated carbocycles. The molecule has 0 nitrogen and oxygen atoms in total. The Bertz CT molecular complexity index is 8.00. The number of hydrogen-bond donors (Lipinski definition) is 0. The van der Waals surface area contributed by atoms with Gasteiger partial charge in [-0.25, -0.2) is 0 Å². The molecule has 0 aliphatic carbocycles. The second-order valence-corrected chi connectivity index (χ2v) is 0. The summed E-state index contributed by atoms with van der Waals surface area (Å²) in [6, 6.07) is 0. The van der Waals surface area contributed by atoms with Gasteiger partial charge >= 0.3 is 104 Å². The third-order valence-corrected chi connectivity index (χ3v) is 0. The van der Waals surface area contributed by atoms with Gasteiger partial charge in [0.25, 0.3) is 0 Å². The van der Waals surface area contributed by atoms with Gasteiger partial charge in [0.15, 0.2) is 17.4 Å². The topological polar surface area (TPSA) is 0 Å². The molecule has 0 unspecified atom stereocenters. The van der Waals surface area contributed by atoms with Crippen molar-refractivity contribution < 1.29 is 0 Å². The zero-order valence-corrected chi connectivity index (χ0v) is 0. The van der Waals surface area contributed by atoms with Crippen LogP contribution < -0.4 is 0 Å². The van der Waals surface area contributed by atoms with Gasteiger partial charge in [-0.1, -0.05) is 0 Å². The summed E-state index contributed by atoms with van der Waals surface area (Å²) in [4.78, 5) is 0. The van der Waals surface area contributed by atoms with Gasteiger partial charge in [0, 0.05) is 0 Å². The quantitative estimate of drug-likeness (QED) is 0.293. The summed E-state index contributed by atoms with van der Waals surface area (Å²) < 4.78 is 0. The maximum atomic E-state index is 0. The van der Waals surface area contributed by atoms with Crippen molar-refractivity contribution in [3.63, 3.8) is 0 Å². The van der Waals surface area contributed by atoms with E-state index in [4.69, 9.17) is 0 Å². The van der Waals surface area contributed by atoms with Crippen LogP contribution in [0.5, 0.6) is 0 Å². The van der Waals surface area contributed by atoms with Crippen molar-refractivity contribution in [1.29, 1.82) is 0 Å². The summed E-state index contributed by atoms with van der Waals surface area (Å²) in [7, 11) is 0. The van der Waals surface area contributed by atoms with Crippen molar-refractivity contribution in [2.24, 2.45) is 0 Å². The SMILES string of the molecule is [AlH3].[KH].[MgH2].[NaH]. The first-order valence-electron chi connectivity index (χ1n) is 0. The summed E-state index contributed by atoms with van der Waals surface area (Å²) in [6.45, 7) is 0. The number of rotatable bonds is 0. The van der Waals surface area contributed by atoms with E-state index in [0.29, 0.717) is 0 Å². The van der Waals surface area contributed by atoms with E-state index in [2.05, 4.69) is 0 Å². The fraction of sp³-hybridized carbons (Fsp3) is 0. The zero-order chi connectivity index (χ0) is 0. The van der Waals surface area contributed by atoms with E-state index in [1.807, 2.05) is 0 Å². The number of hydrogen-bond acceptors (Lipinski definition) is 0. The Morgan fingerprint density at radius 1 is 1.00 bits per heavy atom. The summed E-state index contributed by atoms with van der Waals surface area (Å²) >= 11 is 0. The average molecular weight is 120 g/mol. The van der Waals surface area contributed by atoms with Crippen molar-refractivity contribution in [2.45, 2.75) is 0 Å². The third-order valence-electron chi connectivity index (χ3n) is 0. The van der Waals surface area contributed by atoms with Gasteiger partial charge in [-0.3, -0.25) is 0 Å². The van der Waals surface area contributed by atoms with Crippen molar-refractivity contribution in [2.75, 3.05) is 0 Å². The second-order valence-electron chi connectivity index (χ2n) is 0. The standard InChI is InChI=1S/Al.K.Mg.Na.7H. The molecular weight excluding hydrogens is 113 g/mol. The first kappa shape index (κ1) is 24.6. The summed E-state index contributed by atoms with van der Waals surface area (Å²) in [5.41, 5.74) is 0. The van der Waals surface area contributed by atoms with E-state index in [1.54, 1.807) is 0 Å². The van der Waals surface area contributed by atoms with Gasteiger partial charge in [-0.2, -0.15) is 0 Å². The van der Waals surface area contributed by atoms with E-state index in [-0.39, 0.29) is 121 Å². The molecule has 0 fully saturated rings. The Kier molecular flexibility index (Phi) is 97.2. The van der Waals surface area contributed by atoms with Crippen LogP contribution in [0.3, 0.4) is 0 Å². The van der Waals surface area contributed by atoms with E-state index in [1.165, 1.54) is 0 Å². The average Bonchev–Trinajstić information content (AvgIpc) is 0. The Labute approximate surface area is 118 Å². The molecule has 0 atom stereocenters. The summed E-state index contributed by atoms with van der Waals surface area (Å²) in [6.07, 6.45) is 0. The Morgan fingerprint density at radius 2 is 1.00 bits per heavy atom. The molecule has 0 spiro atoms. The van der Waals surface area contributed by atoms with Crippen molar-refractivity contribution in [1.82, 2.24) is 0 Å². The normalized spacial score (nSPS) is 0. The van der Waals surface area contributed by atoms with Gasteiger partial charge in [0.05, 0.1) is 0 Å². The summed E-state index contributed by atoms with van der Waals surface area (Å²) in [5.74, 6) is 0. The predicted molar refractivity (Wildman–Crippen MR) is 32.8 cm³/mol. The molecule has 4 heteroatoms. The van der Waals surface area contributed by atoms with E-state index in [9.17, 15) is 0 Å². The van der Waals surface area contributed by atoms with Crippen LogP contribution in [0.4, 0.5) is 0 Å². The van der Waals surface area contributed by atoms with Crippen LogP contribution in [0.1, 0.15) is 0 Å². The molecule has 14 valence electrons. The van der Waals surface area contributed by atoms with Gasteiger partial charge in [-0.05, 0) is 0 Å². The second kappa shape index (κ2) is 15.8. The van der Waals surface area contributed by atoms with Crippen LogP contribution in [0, 0.1) is 0 Å². The molecule has 0 saturated heterocycles. The maximum absolute atomic E-state index is 0. The molecule has 0 aliphatic rings. The van der Waals surface area contributed by atoms with Crippen molar-refractivity contribution in [3.05, 3.63) is 0 Å².